The largest absolute Gasteiger partial charge is 0.493 e. The molecule has 5 nitrogen and oxygen atoms in total. The maximum absolute atomic E-state index is 12.8. The minimum absolute atomic E-state index is 0.208. The molecule has 0 aliphatic carbocycles. The Balaban J connectivity index is 2.08. The van der Waals surface area contributed by atoms with Crippen LogP contribution in [0.4, 0.5) is 0 Å². The van der Waals surface area contributed by atoms with E-state index in [1.165, 1.54) is 21.3 Å². The van der Waals surface area contributed by atoms with E-state index in [-0.39, 0.29) is 5.78 Å². The topological polar surface area (TPSA) is 57.7 Å². The molecule has 0 aliphatic heterocycles. The van der Waals surface area contributed by atoms with Crippen molar-refractivity contribution < 1.29 is 19.0 Å². The molecule has 24 heavy (non-hydrogen) atoms. The van der Waals surface area contributed by atoms with Crippen LogP contribution in [-0.4, -0.2) is 32.1 Å². The molecular formula is C19H17NO4. The van der Waals surface area contributed by atoms with E-state index in [1.807, 2.05) is 30.3 Å². The number of ketones is 1. The van der Waals surface area contributed by atoms with Gasteiger partial charge in [0.25, 0.3) is 0 Å². The molecule has 2 aromatic carbocycles. The molecule has 3 rings (SSSR count). The molecule has 3 aromatic rings. The third-order valence-electron chi connectivity index (χ3n) is 3.76. The zero-order valence-corrected chi connectivity index (χ0v) is 13.7. The van der Waals surface area contributed by atoms with Gasteiger partial charge >= 0.3 is 0 Å². The van der Waals surface area contributed by atoms with Gasteiger partial charge in [0, 0.05) is 10.9 Å². The molecule has 0 radical (unpaired) electrons. The molecule has 0 amide bonds. The predicted molar refractivity (Wildman–Crippen MR) is 91.3 cm³/mol. The summed E-state index contributed by atoms with van der Waals surface area (Å²) in [5.74, 6) is 1.10. The second-order valence-corrected chi connectivity index (χ2v) is 5.13. The number of hydrogen-bond donors (Lipinski definition) is 0. The van der Waals surface area contributed by atoms with Crippen molar-refractivity contribution in [2.45, 2.75) is 0 Å². The number of para-hydroxylation sites is 1. The average Bonchev–Trinajstić information content (AvgIpc) is 2.65. The highest BCUT2D eigenvalue weighted by Crippen LogP contribution is 2.38. The van der Waals surface area contributed by atoms with E-state index < -0.39 is 0 Å². The Bertz CT molecular complexity index is 880. The van der Waals surface area contributed by atoms with Gasteiger partial charge in [-0.05, 0) is 24.3 Å². The average molecular weight is 323 g/mol. The van der Waals surface area contributed by atoms with Crippen LogP contribution in [0.5, 0.6) is 17.2 Å². The lowest BCUT2D eigenvalue weighted by atomic mass is 10.1. The predicted octanol–water partition coefficient (Wildman–Crippen LogP) is 3.49. The number of carbonyl (C=O) groups is 1. The summed E-state index contributed by atoms with van der Waals surface area (Å²) in [6.07, 6.45) is 0. The van der Waals surface area contributed by atoms with E-state index in [1.54, 1.807) is 18.2 Å². The highest BCUT2D eigenvalue weighted by atomic mass is 16.5. The van der Waals surface area contributed by atoms with Crippen molar-refractivity contribution in [3.8, 4) is 17.2 Å². The second kappa shape index (κ2) is 6.58. The number of hydrogen-bond acceptors (Lipinski definition) is 5. The first-order valence-corrected chi connectivity index (χ1v) is 7.38. The van der Waals surface area contributed by atoms with Crippen LogP contribution in [0.15, 0.2) is 48.5 Å². The van der Waals surface area contributed by atoms with Crippen LogP contribution in [0, 0.1) is 0 Å². The zero-order chi connectivity index (χ0) is 17.1. The number of methoxy groups -OCH3 is 3. The Kier molecular flexibility index (Phi) is 4.33. The molecule has 0 saturated heterocycles. The van der Waals surface area contributed by atoms with Gasteiger partial charge in [-0.3, -0.25) is 4.79 Å². The molecule has 0 unspecified atom stereocenters. The van der Waals surface area contributed by atoms with Crippen molar-refractivity contribution in [3.05, 3.63) is 59.8 Å². The standard InChI is InChI=1S/C19H17NO4/c1-22-16-10-13(11-17(23-2)19(16)24-3)18(21)15-9-8-12-6-4-5-7-14(12)20-15/h4-11H,1-3H3. The quantitative estimate of drug-likeness (QED) is 0.673. The monoisotopic (exact) mass is 323 g/mol. The van der Waals surface area contributed by atoms with Gasteiger partial charge in [0.2, 0.25) is 11.5 Å². The van der Waals surface area contributed by atoms with Gasteiger partial charge in [0.1, 0.15) is 5.69 Å². The lowest BCUT2D eigenvalue weighted by Gasteiger charge is -2.13. The minimum Gasteiger partial charge on any atom is -0.493 e. The van der Waals surface area contributed by atoms with Gasteiger partial charge in [-0.15, -0.1) is 0 Å². The molecule has 0 N–H and O–H groups in total. The molecule has 1 aromatic heterocycles. The first kappa shape index (κ1) is 15.8. The van der Waals surface area contributed by atoms with Crippen LogP contribution in [0.25, 0.3) is 10.9 Å². The molecule has 0 saturated carbocycles. The molecule has 0 fully saturated rings. The maximum Gasteiger partial charge on any atom is 0.211 e. The summed E-state index contributed by atoms with van der Waals surface area (Å²) in [5, 5.41) is 0.985. The Morgan fingerprint density at radius 2 is 1.54 bits per heavy atom. The van der Waals surface area contributed by atoms with Crippen LogP contribution in [0.2, 0.25) is 0 Å². The first-order valence-electron chi connectivity index (χ1n) is 7.38. The third kappa shape index (κ3) is 2.76. The molecule has 0 spiro atoms. The number of nitrogens with zero attached hydrogens (tertiary/aromatic N) is 1. The highest BCUT2D eigenvalue weighted by Gasteiger charge is 2.19. The second-order valence-electron chi connectivity index (χ2n) is 5.13. The van der Waals surface area contributed by atoms with Crippen LogP contribution in [0.1, 0.15) is 16.1 Å². The van der Waals surface area contributed by atoms with Crippen LogP contribution in [-0.2, 0) is 0 Å². The summed E-state index contributed by atoms with van der Waals surface area (Å²) < 4.78 is 15.9. The summed E-state index contributed by atoms with van der Waals surface area (Å²) in [6.45, 7) is 0. The summed E-state index contributed by atoms with van der Waals surface area (Å²) in [7, 11) is 4.55. The van der Waals surface area contributed by atoms with Gasteiger partial charge in [0.05, 0.1) is 26.8 Å². The lowest BCUT2D eigenvalue weighted by Crippen LogP contribution is -2.06. The number of ether oxygens (including phenoxy) is 3. The van der Waals surface area contributed by atoms with E-state index in [9.17, 15) is 4.79 Å². The van der Waals surface area contributed by atoms with Crippen molar-refractivity contribution in [2.24, 2.45) is 0 Å². The van der Waals surface area contributed by atoms with Crippen molar-refractivity contribution in [2.75, 3.05) is 21.3 Å². The Hall–Kier alpha value is -3.08. The van der Waals surface area contributed by atoms with E-state index in [4.69, 9.17) is 14.2 Å². The number of fused-ring (bicyclic) bond motifs is 1. The molecule has 0 bridgehead atoms. The molecule has 0 atom stereocenters. The summed E-state index contributed by atoms with van der Waals surface area (Å²) in [4.78, 5) is 17.3. The van der Waals surface area contributed by atoms with Gasteiger partial charge in [-0.25, -0.2) is 4.98 Å². The molecule has 122 valence electrons. The van der Waals surface area contributed by atoms with E-state index in [0.29, 0.717) is 28.5 Å². The van der Waals surface area contributed by atoms with Crippen molar-refractivity contribution >= 4 is 16.7 Å². The van der Waals surface area contributed by atoms with Gasteiger partial charge in [-0.1, -0.05) is 24.3 Å². The summed E-state index contributed by atoms with van der Waals surface area (Å²) in [5.41, 5.74) is 1.56. The van der Waals surface area contributed by atoms with Crippen LogP contribution in [0.3, 0.4) is 0 Å². The molecule has 5 heteroatoms. The van der Waals surface area contributed by atoms with Gasteiger partial charge in [0.15, 0.2) is 11.5 Å². The van der Waals surface area contributed by atoms with E-state index in [2.05, 4.69) is 4.98 Å². The normalized spacial score (nSPS) is 10.5. The van der Waals surface area contributed by atoms with Crippen LogP contribution >= 0.6 is 0 Å². The third-order valence-corrected chi connectivity index (χ3v) is 3.76. The smallest absolute Gasteiger partial charge is 0.211 e. The molecular weight excluding hydrogens is 306 g/mol. The highest BCUT2D eigenvalue weighted by molar-refractivity contribution is 6.09. The number of pyridine rings is 1. The SMILES string of the molecule is COc1cc(C(=O)c2ccc3ccccc3n2)cc(OC)c1OC. The number of carbonyl (C=O) groups excluding carboxylic acids is 1. The Labute approximate surface area is 139 Å². The minimum atomic E-state index is -0.208. The fraction of sp³-hybridized carbons (Fsp3) is 0.158. The summed E-state index contributed by atoms with van der Waals surface area (Å²) >= 11 is 0. The summed E-state index contributed by atoms with van der Waals surface area (Å²) in [6, 6.07) is 14.5. The van der Waals surface area contributed by atoms with Crippen molar-refractivity contribution in [3.63, 3.8) is 0 Å². The van der Waals surface area contributed by atoms with Gasteiger partial charge in [-0.2, -0.15) is 0 Å². The van der Waals surface area contributed by atoms with E-state index in [0.717, 1.165) is 10.9 Å². The fourth-order valence-electron chi connectivity index (χ4n) is 2.55. The molecule has 1 heterocycles. The zero-order valence-electron chi connectivity index (χ0n) is 13.7. The lowest BCUT2D eigenvalue weighted by molar-refractivity contribution is 0.103. The number of rotatable bonds is 5. The number of aromatic nitrogens is 1. The van der Waals surface area contributed by atoms with Gasteiger partial charge < -0.3 is 14.2 Å². The van der Waals surface area contributed by atoms with E-state index >= 15 is 0 Å². The Morgan fingerprint density at radius 3 is 2.17 bits per heavy atom. The van der Waals surface area contributed by atoms with Crippen molar-refractivity contribution in [1.82, 2.24) is 4.98 Å². The first-order chi connectivity index (χ1) is 11.7. The number of benzene rings is 2. The van der Waals surface area contributed by atoms with Crippen molar-refractivity contribution in [1.29, 1.82) is 0 Å². The fourth-order valence-corrected chi connectivity index (χ4v) is 2.55. The van der Waals surface area contributed by atoms with Crippen LogP contribution < -0.4 is 14.2 Å². The maximum atomic E-state index is 12.8. The molecule has 0 aliphatic rings. The Morgan fingerprint density at radius 1 is 0.875 bits per heavy atom.